The first kappa shape index (κ1) is 20.7. The summed E-state index contributed by atoms with van der Waals surface area (Å²) in [6.45, 7) is 17.2. The van der Waals surface area contributed by atoms with Crippen LogP contribution >= 0.6 is 0 Å². The molecular weight excluding hydrogens is 272 g/mol. The van der Waals surface area contributed by atoms with Crippen LogP contribution in [0.4, 0.5) is 0 Å². The second-order valence-corrected chi connectivity index (χ2v) is 12.4. The standard InChI is InChI=1S/C19H38OSi/c1-8-9-10-11-12-13-14-15-16-20-21(17(2)3,18(4)5)19(6)7/h10-13,17-19H,8-9,14-16H2,1-7H3/b11-10+,13-12-. The van der Waals surface area contributed by atoms with Gasteiger partial charge in [-0.05, 0) is 35.9 Å². The van der Waals surface area contributed by atoms with E-state index in [-0.39, 0.29) is 0 Å². The number of allylic oxidation sites excluding steroid dienone is 4. The lowest BCUT2D eigenvalue weighted by Crippen LogP contribution is -2.47. The van der Waals surface area contributed by atoms with E-state index >= 15 is 0 Å². The van der Waals surface area contributed by atoms with Gasteiger partial charge in [0.25, 0.3) is 0 Å². The Balaban J connectivity index is 4.22. The van der Waals surface area contributed by atoms with Gasteiger partial charge in [0, 0.05) is 6.61 Å². The Hall–Kier alpha value is -0.343. The van der Waals surface area contributed by atoms with Crippen molar-refractivity contribution >= 4 is 8.32 Å². The molecule has 2 heteroatoms. The van der Waals surface area contributed by atoms with Crippen molar-refractivity contribution in [1.29, 1.82) is 0 Å². The van der Waals surface area contributed by atoms with Crippen molar-refractivity contribution < 1.29 is 4.43 Å². The Morgan fingerprint density at radius 2 is 1.29 bits per heavy atom. The zero-order valence-electron chi connectivity index (χ0n) is 15.5. The van der Waals surface area contributed by atoms with Crippen LogP contribution in [0.5, 0.6) is 0 Å². The first-order valence-corrected chi connectivity index (χ1v) is 11.0. The van der Waals surface area contributed by atoms with Crippen LogP contribution < -0.4 is 0 Å². The molecule has 124 valence electrons. The van der Waals surface area contributed by atoms with Crippen molar-refractivity contribution in [2.24, 2.45) is 0 Å². The Bertz CT molecular complexity index is 281. The molecule has 0 aliphatic heterocycles. The third-order valence-electron chi connectivity index (χ3n) is 4.41. The van der Waals surface area contributed by atoms with Crippen LogP contribution in [-0.4, -0.2) is 14.9 Å². The molecule has 0 amide bonds. The number of unbranched alkanes of at least 4 members (excludes halogenated alkanes) is 2. The van der Waals surface area contributed by atoms with Crippen molar-refractivity contribution in [3.63, 3.8) is 0 Å². The van der Waals surface area contributed by atoms with Gasteiger partial charge in [-0.3, -0.25) is 0 Å². The summed E-state index contributed by atoms with van der Waals surface area (Å²) in [6.07, 6.45) is 13.5. The molecule has 0 spiro atoms. The van der Waals surface area contributed by atoms with Gasteiger partial charge in [0.05, 0.1) is 0 Å². The molecule has 0 atom stereocenters. The van der Waals surface area contributed by atoms with Gasteiger partial charge in [0.2, 0.25) is 0 Å². The van der Waals surface area contributed by atoms with Crippen molar-refractivity contribution in [1.82, 2.24) is 0 Å². The molecule has 0 saturated heterocycles. The van der Waals surface area contributed by atoms with Gasteiger partial charge in [0.1, 0.15) is 0 Å². The maximum Gasteiger partial charge on any atom is 0.200 e. The molecular formula is C19H38OSi. The monoisotopic (exact) mass is 310 g/mol. The SMILES string of the molecule is CCC/C=C/C=C\CCCO[Si](C(C)C)(C(C)C)C(C)C. The van der Waals surface area contributed by atoms with Gasteiger partial charge in [0.15, 0.2) is 8.32 Å². The second kappa shape index (κ2) is 11.3. The fourth-order valence-electron chi connectivity index (χ4n) is 3.47. The molecule has 0 rings (SSSR count). The summed E-state index contributed by atoms with van der Waals surface area (Å²) < 4.78 is 6.55. The molecule has 0 N–H and O–H groups in total. The summed E-state index contributed by atoms with van der Waals surface area (Å²) in [6, 6.07) is 0. The van der Waals surface area contributed by atoms with Crippen LogP contribution in [0.1, 0.15) is 74.1 Å². The van der Waals surface area contributed by atoms with E-state index in [0.717, 1.165) is 19.4 Å². The van der Waals surface area contributed by atoms with E-state index in [9.17, 15) is 0 Å². The normalized spacial score (nSPS) is 13.6. The topological polar surface area (TPSA) is 9.23 Å². The summed E-state index contributed by atoms with van der Waals surface area (Å²) in [5.41, 5.74) is 2.06. The maximum atomic E-state index is 6.55. The second-order valence-electron chi connectivity index (χ2n) is 6.95. The molecule has 0 saturated carbocycles. The third-order valence-corrected chi connectivity index (χ3v) is 10.5. The van der Waals surface area contributed by atoms with Crippen molar-refractivity contribution in [2.45, 2.75) is 90.8 Å². The fraction of sp³-hybridized carbons (Fsp3) is 0.789. The number of hydrogen-bond donors (Lipinski definition) is 0. The molecule has 0 aliphatic rings. The van der Waals surface area contributed by atoms with Gasteiger partial charge in [-0.25, -0.2) is 0 Å². The zero-order chi connectivity index (χ0) is 16.3. The lowest BCUT2D eigenvalue weighted by atomic mass is 10.2. The molecule has 0 heterocycles. The van der Waals surface area contributed by atoms with E-state index in [1.54, 1.807) is 0 Å². The van der Waals surface area contributed by atoms with Crippen LogP contribution in [0, 0.1) is 0 Å². The van der Waals surface area contributed by atoms with Crippen LogP contribution in [0.2, 0.25) is 16.6 Å². The predicted molar refractivity (Wildman–Crippen MR) is 99.4 cm³/mol. The molecule has 0 aromatic heterocycles. The van der Waals surface area contributed by atoms with E-state index in [4.69, 9.17) is 4.43 Å². The summed E-state index contributed by atoms with van der Waals surface area (Å²) >= 11 is 0. The molecule has 0 aromatic rings. The lowest BCUT2D eigenvalue weighted by molar-refractivity contribution is 0.273. The van der Waals surface area contributed by atoms with Crippen LogP contribution in [0.15, 0.2) is 24.3 Å². The van der Waals surface area contributed by atoms with Gasteiger partial charge < -0.3 is 4.43 Å². The molecule has 0 aliphatic carbocycles. The highest BCUT2D eigenvalue weighted by atomic mass is 28.4. The highest BCUT2D eigenvalue weighted by Gasteiger charge is 2.44. The van der Waals surface area contributed by atoms with Gasteiger partial charge in [-0.2, -0.15) is 0 Å². The lowest BCUT2D eigenvalue weighted by Gasteiger charge is -2.42. The Morgan fingerprint density at radius 1 is 0.810 bits per heavy atom. The minimum Gasteiger partial charge on any atom is -0.416 e. The minimum absolute atomic E-state index is 0.685. The highest BCUT2D eigenvalue weighted by Crippen LogP contribution is 2.42. The Kier molecular flexibility index (Phi) is 11.1. The summed E-state index contributed by atoms with van der Waals surface area (Å²) in [5, 5.41) is 0. The van der Waals surface area contributed by atoms with E-state index in [1.165, 1.54) is 12.8 Å². The smallest absolute Gasteiger partial charge is 0.200 e. The molecule has 0 fully saturated rings. The maximum absolute atomic E-state index is 6.55. The summed E-state index contributed by atoms with van der Waals surface area (Å²) in [4.78, 5) is 0. The van der Waals surface area contributed by atoms with Crippen LogP contribution in [0.25, 0.3) is 0 Å². The number of rotatable bonds is 11. The zero-order valence-corrected chi connectivity index (χ0v) is 16.5. The summed E-state index contributed by atoms with van der Waals surface area (Å²) in [5.74, 6) is 0. The molecule has 1 nitrogen and oxygen atoms in total. The average molecular weight is 311 g/mol. The minimum atomic E-state index is -1.65. The molecule has 0 aromatic carbocycles. The van der Waals surface area contributed by atoms with E-state index in [0.29, 0.717) is 16.6 Å². The molecule has 0 unspecified atom stereocenters. The molecule has 0 radical (unpaired) electrons. The van der Waals surface area contributed by atoms with Gasteiger partial charge >= 0.3 is 0 Å². The Morgan fingerprint density at radius 3 is 1.71 bits per heavy atom. The quantitative estimate of drug-likeness (QED) is 0.230. The third kappa shape index (κ3) is 6.97. The summed E-state index contributed by atoms with van der Waals surface area (Å²) in [7, 11) is -1.65. The van der Waals surface area contributed by atoms with E-state index in [1.807, 2.05) is 0 Å². The van der Waals surface area contributed by atoms with Crippen molar-refractivity contribution in [3.8, 4) is 0 Å². The van der Waals surface area contributed by atoms with Crippen LogP contribution in [-0.2, 0) is 4.43 Å². The predicted octanol–water partition coefficient (Wildman–Crippen LogP) is 6.87. The molecule has 0 bridgehead atoms. The largest absolute Gasteiger partial charge is 0.416 e. The van der Waals surface area contributed by atoms with Gasteiger partial charge in [-0.15, -0.1) is 0 Å². The first-order valence-electron chi connectivity index (χ1n) is 8.85. The van der Waals surface area contributed by atoms with E-state index < -0.39 is 8.32 Å². The number of hydrogen-bond acceptors (Lipinski definition) is 1. The van der Waals surface area contributed by atoms with Gasteiger partial charge in [-0.1, -0.05) is 79.2 Å². The van der Waals surface area contributed by atoms with Crippen molar-refractivity contribution in [3.05, 3.63) is 24.3 Å². The van der Waals surface area contributed by atoms with Crippen molar-refractivity contribution in [2.75, 3.05) is 6.61 Å². The molecule has 21 heavy (non-hydrogen) atoms. The highest BCUT2D eigenvalue weighted by molar-refractivity contribution is 6.77. The fourth-order valence-corrected chi connectivity index (χ4v) is 8.96. The van der Waals surface area contributed by atoms with E-state index in [2.05, 4.69) is 72.8 Å². The first-order chi connectivity index (χ1) is 9.89. The Labute approximate surface area is 135 Å². The van der Waals surface area contributed by atoms with Crippen LogP contribution in [0.3, 0.4) is 0 Å². The average Bonchev–Trinajstić information content (AvgIpc) is 2.39.